The highest BCUT2D eigenvalue weighted by Gasteiger charge is 2.40. The molecule has 11 heteroatoms. The SMILES string of the molecule is Cc1ccc(CN2CCN(C(=O)OC(C)C(F)(F)F)CC2)cc1N1CCOC(C(=O)O)C1. The van der Waals surface area contributed by atoms with Crippen molar-refractivity contribution < 1.29 is 37.3 Å². The van der Waals surface area contributed by atoms with Gasteiger partial charge in [-0.2, -0.15) is 13.2 Å². The van der Waals surface area contributed by atoms with Gasteiger partial charge in [0.1, 0.15) is 0 Å². The van der Waals surface area contributed by atoms with Crippen LogP contribution in [-0.4, -0.2) is 91.2 Å². The van der Waals surface area contributed by atoms with Crippen LogP contribution in [0, 0.1) is 6.92 Å². The number of morpholine rings is 1. The Morgan fingerprint density at radius 2 is 1.91 bits per heavy atom. The van der Waals surface area contributed by atoms with E-state index in [0.29, 0.717) is 32.8 Å². The van der Waals surface area contributed by atoms with E-state index in [9.17, 15) is 27.9 Å². The van der Waals surface area contributed by atoms with E-state index in [1.807, 2.05) is 30.0 Å². The van der Waals surface area contributed by atoms with Gasteiger partial charge < -0.3 is 24.4 Å². The number of hydrogen-bond acceptors (Lipinski definition) is 6. The second kappa shape index (κ2) is 9.95. The summed E-state index contributed by atoms with van der Waals surface area (Å²) >= 11 is 0. The lowest BCUT2D eigenvalue weighted by Gasteiger charge is -2.35. The smallest absolute Gasteiger partial charge is 0.425 e. The van der Waals surface area contributed by atoms with Crippen molar-refractivity contribution in [2.45, 2.75) is 38.8 Å². The molecule has 0 saturated carbocycles. The third-order valence-electron chi connectivity index (χ3n) is 5.73. The van der Waals surface area contributed by atoms with Gasteiger partial charge in [-0.1, -0.05) is 12.1 Å². The second-order valence-corrected chi connectivity index (χ2v) is 8.10. The molecule has 2 heterocycles. The predicted octanol–water partition coefficient (Wildman–Crippen LogP) is 2.49. The fourth-order valence-corrected chi connectivity index (χ4v) is 3.75. The second-order valence-electron chi connectivity index (χ2n) is 8.10. The van der Waals surface area contributed by atoms with Gasteiger partial charge in [-0.15, -0.1) is 0 Å². The van der Waals surface area contributed by atoms with E-state index in [2.05, 4.69) is 9.64 Å². The number of aliphatic carboxylic acids is 1. The number of carbonyl (C=O) groups excluding carboxylic acids is 1. The molecule has 0 spiro atoms. The summed E-state index contributed by atoms with van der Waals surface area (Å²) in [5, 5.41) is 9.24. The average molecular weight is 459 g/mol. The molecule has 0 aliphatic carbocycles. The maximum Gasteiger partial charge on any atom is 0.425 e. The fourth-order valence-electron chi connectivity index (χ4n) is 3.75. The molecular formula is C21H28F3N3O5. The molecule has 2 fully saturated rings. The lowest BCUT2D eigenvalue weighted by atomic mass is 10.1. The van der Waals surface area contributed by atoms with Gasteiger partial charge in [-0.25, -0.2) is 9.59 Å². The third kappa shape index (κ3) is 6.04. The predicted molar refractivity (Wildman–Crippen MR) is 110 cm³/mol. The molecule has 2 unspecified atom stereocenters. The number of benzene rings is 1. The quantitative estimate of drug-likeness (QED) is 0.725. The first-order valence-corrected chi connectivity index (χ1v) is 10.5. The standard InChI is InChI=1S/C21H28F3N3O5/c1-14-3-4-16(11-17(14)27-9-10-31-18(13-27)19(28)29)12-25-5-7-26(8-6-25)20(30)32-15(2)21(22,23)24/h3-4,11,15,18H,5-10,12-13H2,1-2H3,(H,28,29). The summed E-state index contributed by atoms with van der Waals surface area (Å²) in [7, 11) is 0. The summed E-state index contributed by atoms with van der Waals surface area (Å²) < 4.78 is 47.6. The molecule has 1 aromatic carbocycles. The largest absolute Gasteiger partial charge is 0.479 e. The monoisotopic (exact) mass is 459 g/mol. The lowest BCUT2D eigenvalue weighted by Crippen LogP contribution is -2.49. The fraction of sp³-hybridized carbons (Fsp3) is 0.619. The van der Waals surface area contributed by atoms with E-state index in [-0.39, 0.29) is 19.6 Å². The molecule has 1 N–H and O–H groups in total. The maximum atomic E-state index is 12.6. The van der Waals surface area contributed by atoms with Crippen LogP contribution in [0.3, 0.4) is 0 Å². The molecule has 2 saturated heterocycles. The van der Waals surface area contributed by atoms with Crippen molar-refractivity contribution in [3.8, 4) is 0 Å². The Balaban J connectivity index is 1.56. The minimum atomic E-state index is -4.58. The lowest BCUT2D eigenvalue weighted by molar-refractivity contribution is -0.200. The van der Waals surface area contributed by atoms with Crippen LogP contribution in [0.25, 0.3) is 0 Å². The zero-order valence-corrected chi connectivity index (χ0v) is 18.1. The maximum absolute atomic E-state index is 12.6. The first-order valence-electron chi connectivity index (χ1n) is 10.5. The summed E-state index contributed by atoms with van der Waals surface area (Å²) in [5.41, 5.74) is 3.03. The Bertz CT molecular complexity index is 827. The Labute approximate surface area is 184 Å². The van der Waals surface area contributed by atoms with Crippen molar-refractivity contribution in [2.24, 2.45) is 0 Å². The summed E-state index contributed by atoms with van der Waals surface area (Å²) in [5.74, 6) is -0.982. The molecule has 178 valence electrons. The average Bonchev–Trinajstić information content (AvgIpc) is 2.75. The van der Waals surface area contributed by atoms with Gasteiger partial charge in [-0.05, 0) is 31.0 Å². The number of ether oxygens (including phenoxy) is 2. The number of carbonyl (C=O) groups is 2. The molecule has 0 radical (unpaired) electrons. The Hall–Kier alpha value is -2.53. The number of aryl methyl sites for hydroxylation is 1. The first kappa shape index (κ1) is 24.1. The number of amides is 1. The van der Waals surface area contributed by atoms with Gasteiger partial charge in [0.05, 0.1) is 13.2 Å². The van der Waals surface area contributed by atoms with E-state index in [1.165, 1.54) is 4.90 Å². The summed E-state index contributed by atoms with van der Waals surface area (Å²) in [4.78, 5) is 28.7. The summed E-state index contributed by atoms with van der Waals surface area (Å²) in [6.45, 7) is 6.20. The van der Waals surface area contributed by atoms with E-state index in [1.54, 1.807) is 0 Å². The van der Waals surface area contributed by atoms with Crippen LogP contribution < -0.4 is 4.90 Å². The van der Waals surface area contributed by atoms with Gasteiger partial charge in [0.15, 0.2) is 12.2 Å². The van der Waals surface area contributed by atoms with Gasteiger partial charge in [-0.3, -0.25) is 4.90 Å². The molecule has 32 heavy (non-hydrogen) atoms. The number of alkyl halides is 3. The van der Waals surface area contributed by atoms with Gasteiger partial charge in [0.25, 0.3) is 0 Å². The van der Waals surface area contributed by atoms with Crippen molar-refractivity contribution in [3.63, 3.8) is 0 Å². The van der Waals surface area contributed by atoms with Gasteiger partial charge >= 0.3 is 18.2 Å². The third-order valence-corrected chi connectivity index (χ3v) is 5.73. The summed E-state index contributed by atoms with van der Waals surface area (Å²) in [6.07, 6.45) is -8.53. The molecular weight excluding hydrogens is 431 g/mol. The Kier molecular flexibility index (Phi) is 7.50. The molecule has 2 aliphatic heterocycles. The molecule has 1 amide bonds. The zero-order valence-electron chi connectivity index (χ0n) is 18.1. The van der Waals surface area contributed by atoms with E-state index < -0.39 is 30.4 Å². The number of anilines is 1. The molecule has 3 rings (SSSR count). The van der Waals surface area contributed by atoms with E-state index >= 15 is 0 Å². The van der Waals surface area contributed by atoms with Crippen LogP contribution in [-0.2, 0) is 20.8 Å². The van der Waals surface area contributed by atoms with Crippen LogP contribution in [0.5, 0.6) is 0 Å². The van der Waals surface area contributed by atoms with Crippen molar-refractivity contribution in [1.29, 1.82) is 0 Å². The number of carboxylic acids is 1. The molecule has 2 atom stereocenters. The van der Waals surface area contributed by atoms with E-state index in [0.717, 1.165) is 23.7 Å². The molecule has 0 bridgehead atoms. The minimum Gasteiger partial charge on any atom is -0.479 e. The highest BCUT2D eigenvalue weighted by atomic mass is 19.4. The highest BCUT2D eigenvalue weighted by Crippen LogP contribution is 2.26. The normalized spacial score (nSPS) is 21.3. The van der Waals surface area contributed by atoms with Crippen LogP contribution >= 0.6 is 0 Å². The number of nitrogens with zero attached hydrogens (tertiary/aromatic N) is 3. The highest BCUT2D eigenvalue weighted by molar-refractivity contribution is 5.74. The number of piperazine rings is 1. The zero-order chi connectivity index (χ0) is 23.5. The van der Waals surface area contributed by atoms with Crippen LogP contribution in [0.15, 0.2) is 18.2 Å². The number of rotatable bonds is 5. The van der Waals surface area contributed by atoms with Crippen molar-refractivity contribution in [1.82, 2.24) is 9.80 Å². The topological polar surface area (TPSA) is 82.5 Å². The van der Waals surface area contributed by atoms with Gasteiger partial charge in [0, 0.05) is 45.0 Å². The molecule has 2 aliphatic rings. The van der Waals surface area contributed by atoms with Crippen LogP contribution in [0.4, 0.5) is 23.7 Å². The minimum absolute atomic E-state index is 0.275. The van der Waals surface area contributed by atoms with E-state index in [4.69, 9.17) is 4.74 Å². The van der Waals surface area contributed by atoms with Gasteiger partial charge in [0.2, 0.25) is 0 Å². The summed E-state index contributed by atoms with van der Waals surface area (Å²) in [6, 6.07) is 6.02. The van der Waals surface area contributed by atoms with Crippen LogP contribution in [0.2, 0.25) is 0 Å². The Morgan fingerprint density at radius 3 is 2.53 bits per heavy atom. The van der Waals surface area contributed by atoms with Crippen LogP contribution in [0.1, 0.15) is 18.1 Å². The first-order chi connectivity index (χ1) is 15.0. The molecule has 8 nitrogen and oxygen atoms in total. The number of carboxylic acid groups (broad SMARTS) is 1. The molecule has 0 aromatic heterocycles. The Morgan fingerprint density at radius 1 is 1.22 bits per heavy atom. The number of hydrogen-bond donors (Lipinski definition) is 1. The van der Waals surface area contributed by atoms with Crippen molar-refractivity contribution in [2.75, 3.05) is 50.8 Å². The number of halogens is 3. The van der Waals surface area contributed by atoms with Crippen molar-refractivity contribution in [3.05, 3.63) is 29.3 Å². The van der Waals surface area contributed by atoms with Crippen molar-refractivity contribution >= 4 is 17.7 Å². The molecule has 1 aromatic rings.